The summed E-state index contributed by atoms with van der Waals surface area (Å²) in [4.78, 5) is 12.1. The van der Waals surface area contributed by atoms with E-state index < -0.39 is 0 Å². The van der Waals surface area contributed by atoms with Crippen LogP contribution in [-0.2, 0) is 11.3 Å². The first kappa shape index (κ1) is 19.4. The SMILES string of the molecule is COc1ccccc1CNC(=O)/C=C/c1ccc(OC(C)C)c(OC)c1. The number of hydrogen-bond donors (Lipinski definition) is 1. The zero-order valence-corrected chi connectivity index (χ0v) is 15.6. The second kappa shape index (κ2) is 9.51. The van der Waals surface area contributed by atoms with Gasteiger partial charge in [0.15, 0.2) is 11.5 Å². The summed E-state index contributed by atoms with van der Waals surface area (Å²) in [6.45, 7) is 4.32. The van der Waals surface area contributed by atoms with E-state index in [2.05, 4.69) is 5.32 Å². The molecule has 5 nitrogen and oxygen atoms in total. The number of rotatable bonds is 8. The van der Waals surface area contributed by atoms with Gasteiger partial charge in [-0.15, -0.1) is 0 Å². The number of amides is 1. The van der Waals surface area contributed by atoms with Crippen molar-refractivity contribution in [1.29, 1.82) is 0 Å². The van der Waals surface area contributed by atoms with Gasteiger partial charge in [0.1, 0.15) is 5.75 Å². The van der Waals surface area contributed by atoms with Crippen molar-refractivity contribution >= 4 is 12.0 Å². The predicted molar refractivity (Wildman–Crippen MR) is 103 cm³/mol. The summed E-state index contributed by atoms with van der Waals surface area (Å²) in [7, 11) is 3.20. The van der Waals surface area contributed by atoms with Crippen molar-refractivity contribution in [3.8, 4) is 17.2 Å². The van der Waals surface area contributed by atoms with E-state index in [-0.39, 0.29) is 12.0 Å². The highest BCUT2D eigenvalue weighted by molar-refractivity contribution is 5.91. The van der Waals surface area contributed by atoms with E-state index in [4.69, 9.17) is 14.2 Å². The van der Waals surface area contributed by atoms with Gasteiger partial charge >= 0.3 is 0 Å². The van der Waals surface area contributed by atoms with Crippen molar-refractivity contribution in [2.45, 2.75) is 26.5 Å². The van der Waals surface area contributed by atoms with Crippen LogP contribution in [0.4, 0.5) is 0 Å². The first-order chi connectivity index (χ1) is 12.5. The third-order valence-electron chi connectivity index (χ3n) is 3.62. The lowest BCUT2D eigenvalue weighted by Gasteiger charge is -2.13. The molecule has 0 unspecified atom stereocenters. The molecule has 26 heavy (non-hydrogen) atoms. The highest BCUT2D eigenvalue weighted by Crippen LogP contribution is 2.29. The van der Waals surface area contributed by atoms with Gasteiger partial charge in [0.05, 0.1) is 20.3 Å². The monoisotopic (exact) mass is 355 g/mol. The topological polar surface area (TPSA) is 56.8 Å². The molecule has 0 aliphatic rings. The molecule has 0 saturated carbocycles. The van der Waals surface area contributed by atoms with Crippen LogP contribution in [0.25, 0.3) is 6.08 Å². The Bertz CT molecular complexity index is 768. The normalized spacial score (nSPS) is 10.8. The molecule has 0 aliphatic carbocycles. The molecule has 0 heterocycles. The van der Waals surface area contributed by atoms with Crippen LogP contribution >= 0.6 is 0 Å². The van der Waals surface area contributed by atoms with Crippen LogP contribution in [0.5, 0.6) is 17.2 Å². The zero-order valence-electron chi connectivity index (χ0n) is 15.6. The number of ether oxygens (including phenoxy) is 3. The average Bonchev–Trinajstić information content (AvgIpc) is 2.65. The predicted octanol–water partition coefficient (Wildman–Crippen LogP) is 3.82. The molecule has 0 saturated heterocycles. The largest absolute Gasteiger partial charge is 0.496 e. The molecule has 5 heteroatoms. The molecule has 1 N–H and O–H groups in total. The molecule has 0 spiro atoms. The minimum Gasteiger partial charge on any atom is -0.496 e. The van der Waals surface area contributed by atoms with Gasteiger partial charge in [0, 0.05) is 18.2 Å². The Morgan fingerprint density at radius 2 is 1.77 bits per heavy atom. The Kier molecular flexibility index (Phi) is 7.09. The Balaban J connectivity index is 1.99. The highest BCUT2D eigenvalue weighted by atomic mass is 16.5. The van der Waals surface area contributed by atoms with E-state index in [0.29, 0.717) is 18.0 Å². The smallest absolute Gasteiger partial charge is 0.244 e. The molecular formula is C21H25NO4. The molecule has 2 rings (SSSR count). The second-order valence-corrected chi connectivity index (χ2v) is 5.94. The summed E-state index contributed by atoms with van der Waals surface area (Å²) in [6, 6.07) is 13.1. The van der Waals surface area contributed by atoms with Crippen LogP contribution in [0.2, 0.25) is 0 Å². The Labute approximate surface area is 154 Å². The molecule has 0 aromatic heterocycles. The van der Waals surface area contributed by atoms with Crippen molar-refractivity contribution in [3.05, 3.63) is 59.7 Å². The van der Waals surface area contributed by atoms with E-state index >= 15 is 0 Å². The van der Waals surface area contributed by atoms with Gasteiger partial charge in [-0.25, -0.2) is 0 Å². The van der Waals surface area contributed by atoms with Gasteiger partial charge in [0.25, 0.3) is 0 Å². The fraction of sp³-hybridized carbons (Fsp3) is 0.286. The third-order valence-corrected chi connectivity index (χ3v) is 3.62. The lowest BCUT2D eigenvalue weighted by atomic mass is 10.1. The van der Waals surface area contributed by atoms with E-state index in [1.165, 1.54) is 6.08 Å². The number of carbonyl (C=O) groups is 1. The van der Waals surface area contributed by atoms with Gasteiger partial charge in [-0.3, -0.25) is 4.79 Å². The molecule has 138 valence electrons. The molecule has 0 fully saturated rings. The quantitative estimate of drug-likeness (QED) is 0.732. The van der Waals surface area contributed by atoms with Crippen LogP contribution in [0.1, 0.15) is 25.0 Å². The van der Waals surface area contributed by atoms with Crippen LogP contribution < -0.4 is 19.5 Å². The lowest BCUT2D eigenvalue weighted by Crippen LogP contribution is -2.20. The van der Waals surface area contributed by atoms with E-state index in [1.54, 1.807) is 20.3 Å². The Morgan fingerprint density at radius 1 is 1.04 bits per heavy atom. The van der Waals surface area contributed by atoms with E-state index in [0.717, 1.165) is 16.9 Å². The minimum atomic E-state index is -0.183. The summed E-state index contributed by atoms with van der Waals surface area (Å²) in [5.41, 5.74) is 1.78. The highest BCUT2D eigenvalue weighted by Gasteiger charge is 2.07. The molecule has 0 atom stereocenters. The summed E-state index contributed by atoms with van der Waals surface area (Å²) < 4.78 is 16.3. The van der Waals surface area contributed by atoms with Crippen LogP contribution in [0, 0.1) is 0 Å². The van der Waals surface area contributed by atoms with Crippen molar-refractivity contribution in [3.63, 3.8) is 0 Å². The molecule has 0 aliphatic heterocycles. The van der Waals surface area contributed by atoms with Crippen LogP contribution in [0.3, 0.4) is 0 Å². The fourth-order valence-corrected chi connectivity index (χ4v) is 2.40. The maximum atomic E-state index is 12.1. The Hall–Kier alpha value is -2.95. The molecule has 0 radical (unpaired) electrons. The number of methoxy groups -OCH3 is 2. The molecule has 0 bridgehead atoms. The second-order valence-electron chi connectivity index (χ2n) is 5.94. The van der Waals surface area contributed by atoms with Gasteiger partial charge in [0.2, 0.25) is 5.91 Å². The van der Waals surface area contributed by atoms with Crippen molar-refractivity contribution in [2.24, 2.45) is 0 Å². The zero-order chi connectivity index (χ0) is 18.9. The van der Waals surface area contributed by atoms with Crippen LogP contribution in [-0.4, -0.2) is 26.2 Å². The molecular weight excluding hydrogens is 330 g/mol. The number of nitrogens with one attached hydrogen (secondary N) is 1. The number of hydrogen-bond acceptors (Lipinski definition) is 4. The fourth-order valence-electron chi connectivity index (χ4n) is 2.40. The molecule has 2 aromatic carbocycles. The number of para-hydroxylation sites is 1. The standard InChI is InChI=1S/C21H25NO4/c1-15(2)26-19-11-9-16(13-20(19)25-4)10-12-21(23)22-14-17-7-5-6-8-18(17)24-3/h5-13,15H,14H2,1-4H3,(H,22,23)/b12-10+. The number of benzene rings is 2. The van der Waals surface area contributed by atoms with Crippen molar-refractivity contribution in [1.82, 2.24) is 5.32 Å². The summed E-state index contributed by atoms with van der Waals surface area (Å²) in [5, 5.41) is 2.85. The van der Waals surface area contributed by atoms with Crippen LogP contribution in [0.15, 0.2) is 48.5 Å². The van der Waals surface area contributed by atoms with Crippen molar-refractivity contribution in [2.75, 3.05) is 14.2 Å². The van der Waals surface area contributed by atoms with Gasteiger partial charge in [-0.2, -0.15) is 0 Å². The van der Waals surface area contributed by atoms with Gasteiger partial charge < -0.3 is 19.5 Å². The number of carbonyl (C=O) groups excluding carboxylic acids is 1. The summed E-state index contributed by atoms with van der Waals surface area (Å²) >= 11 is 0. The maximum Gasteiger partial charge on any atom is 0.244 e. The minimum absolute atomic E-state index is 0.0612. The maximum absolute atomic E-state index is 12.1. The van der Waals surface area contributed by atoms with Gasteiger partial charge in [-0.1, -0.05) is 24.3 Å². The summed E-state index contributed by atoms with van der Waals surface area (Å²) in [5.74, 6) is 1.88. The van der Waals surface area contributed by atoms with E-state index in [1.807, 2.05) is 56.3 Å². The summed E-state index contributed by atoms with van der Waals surface area (Å²) in [6.07, 6.45) is 3.29. The average molecular weight is 355 g/mol. The van der Waals surface area contributed by atoms with Crippen molar-refractivity contribution < 1.29 is 19.0 Å². The molecule has 1 amide bonds. The molecule has 2 aromatic rings. The van der Waals surface area contributed by atoms with Gasteiger partial charge in [-0.05, 0) is 43.7 Å². The lowest BCUT2D eigenvalue weighted by molar-refractivity contribution is -0.116. The first-order valence-electron chi connectivity index (χ1n) is 8.46. The third kappa shape index (κ3) is 5.55. The van der Waals surface area contributed by atoms with E-state index in [9.17, 15) is 4.79 Å². The first-order valence-corrected chi connectivity index (χ1v) is 8.46. The Morgan fingerprint density at radius 3 is 2.46 bits per heavy atom.